The highest BCUT2D eigenvalue weighted by Gasteiger charge is 2.19. The Kier molecular flexibility index (Phi) is 10.7. The first-order chi connectivity index (χ1) is 22.3. The summed E-state index contributed by atoms with van der Waals surface area (Å²) in [7, 11) is 1.54. The van der Waals surface area contributed by atoms with Crippen molar-refractivity contribution in [2.75, 3.05) is 24.4 Å². The van der Waals surface area contributed by atoms with Gasteiger partial charge in [0, 0.05) is 21.7 Å². The summed E-state index contributed by atoms with van der Waals surface area (Å²) in [6, 6.07) is 28.6. The summed E-state index contributed by atoms with van der Waals surface area (Å²) in [5, 5.41) is 8.57. The van der Waals surface area contributed by atoms with Crippen molar-refractivity contribution >= 4 is 67.9 Å². The van der Waals surface area contributed by atoms with Crippen LogP contribution >= 0.6 is 23.1 Å². The molecule has 0 bridgehead atoms. The normalized spacial score (nSPS) is 11.8. The summed E-state index contributed by atoms with van der Waals surface area (Å²) in [6.45, 7) is 4.30. The first-order valence-electron chi connectivity index (χ1n) is 14.5. The molecule has 0 aliphatic carbocycles. The molecule has 234 valence electrons. The van der Waals surface area contributed by atoms with E-state index in [0.717, 1.165) is 20.9 Å². The van der Waals surface area contributed by atoms with E-state index in [1.165, 1.54) is 30.2 Å². The third-order valence-corrected chi connectivity index (χ3v) is 8.67. The molecule has 0 aliphatic rings. The average molecular weight is 653 g/mol. The number of carbonyl (C=O) groups excluding carboxylic acids is 3. The van der Waals surface area contributed by atoms with Crippen LogP contribution in [-0.4, -0.2) is 41.7 Å². The Bertz CT molecular complexity index is 1890. The number of hydrogen-bond donors (Lipinski definition) is 3. The highest BCUT2D eigenvalue weighted by atomic mass is 32.2. The van der Waals surface area contributed by atoms with E-state index in [1.807, 2.05) is 49.4 Å². The lowest BCUT2D eigenvalue weighted by molar-refractivity contribution is -0.115. The van der Waals surface area contributed by atoms with Gasteiger partial charge >= 0.3 is 0 Å². The van der Waals surface area contributed by atoms with Crippen molar-refractivity contribution < 1.29 is 23.9 Å². The molecule has 5 rings (SSSR count). The zero-order valence-electron chi connectivity index (χ0n) is 25.4. The fourth-order valence-electron chi connectivity index (χ4n) is 4.41. The number of hydrogen-bond acceptors (Lipinski definition) is 8. The number of thiazole rings is 1. The van der Waals surface area contributed by atoms with Crippen LogP contribution in [0.5, 0.6) is 11.5 Å². The molecule has 0 aliphatic heterocycles. The van der Waals surface area contributed by atoms with Gasteiger partial charge in [0.25, 0.3) is 11.8 Å². The molecule has 11 heteroatoms. The van der Waals surface area contributed by atoms with Crippen LogP contribution in [0.3, 0.4) is 0 Å². The highest BCUT2D eigenvalue weighted by molar-refractivity contribution is 8.00. The fourth-order valence-corrected chi connectivity index (χ4v) is 6.23. The quantitative estimate of drug-likeness (QED) is 0.0961. The van der Waals surface area contributed by atoms with Crippen molar-refractivity contribution in [3.63, 3.8) is 0 Å². The number of benzene rings is 4. The number of nitrogens with zero attached hydrogens (tertiary/aromatic N) is 1. The van der Waals surface area contributed by atoms with Crippen LogP contribution in [0.25, 0.3) is 16.3 Å². The van der Waals surface area contributed by atoms with Crippen molar-refractivity contribution in [2.24, 2.45) is 0 Å². The molecule has 0 fully saturated rings. The SMILES string of the molecule is CCOc1ccc2nc(NC(=O)C(C)Sc3cccc(NC(=O)/C(=C\c4ccccc4OC)NC(=O)c4ccccc4)c3)sc2c1. The van der Waals surface area contributed by atoms with E-state index in [9.17, 15) is 14.4 Å². The molecule has 1 heterocycles. The van der Waals surface area contributed by atoms with Crippen LogP contribution in [0.2, 0.25) is 0 Å². The Hall–Kier alpha value is -5.13. The van der Waals surface area contributed by atoms with Gasteiger partial charge in [-0.3, -0.25) is 14.4 Å². The average Bonchev–Trinajstić information content (AvgIpc) is 3.46. The predicted molar refractivity (Wildman–Crippen MR) is 185 cm³/mol. The number of ether oxygens (including phenoxy) is 2. The number of anilines is 2. The summed E-state index contributed by atoms with van der Waals surface area (Å²) in [5.74, 6) is 0.159. The molecule has 46 heavy (non-hydrogen) atoms. The van der Waals surface area contributed by atoms with Gasteiger partial charge in [-0.2, -0.15) is 0 Å². The van der Waals surface area contributed by atoms with E-state index in [-0.39, 0.29) is 11.6 Å². The molecule has 0 saturated carbocycles. The number of para-hydroxylation sites is 1. The van der Waals surface area contributed by atoms with Gasteiger partial charge in [-0.1, -0.05) is 53.8 Å². The highest BCUT2D eigenvalue weighted by Crippen LogP contribution is 2.31. The van der Waals surface area contributed by atoms with Gasteiger partial charge in [0.05, 0.1) is 29.2 Å². The maximum absolute atomic E-state index is 13.5. The van der Waals surface area contributed by atoms with Crippen LogP contribution < -0.4 is 25.4 Å². The zero-order valence-corrected chi connectivity index (χ0v) is 27.0. The first-order valence-corrected chi connectivity index (χ1v) is 16.2. The van der Waals surface area contributed by atoms with Crippen LogP contribution in [0.1, 0.15) is 29.8 Å². The second-order valence-electron chi connectivity index (χ2n) is 9.93. The van der Waals surface area contributed by atoms with E-state index in [2.05, 4.69) is 20.9 Å². The number of fused-ring (bicyclic) bond motifs is 1. The third kappa shape index (κ3) is 8.32. The van der Waals surface area contributed by atoms with Crippen LogP contribution in [0.4, 0.5) is 10.8 Å². The summed E-state index contributed by atoms with van der Waals surface area (Å²) >= 11 is 2.73. The number of nitrogens with one attached hydrogen (secondary N) is 3. The van der Waals surface area contributed by atoms with E-state index < -0.39 is 17.1 Å². The standard InChI is InChI=1S/C35H32N4O5S2/c1-4-44-26-17-18-28-31(21-26)46-35(38-28)39-32(40)22(2)45-27-15-10-14-25(20-27)36-34(42)29(19-24-13-8-9-16-30(24)43-3)37-33(41)23-11-6-5-7-12-23/h5-22H,4H2,1-3H3,(H,36,42)(H,37,41)(H,38,39,40)/b29-19+. The summed E-state index contributed by atoms with van der Waals surface area (Å²) in [6.07, 6.45) is 1.57. The van der Waals surface area contributed by atoms with Gasteiger partial charge < -0.3 is 25.4 Å². The van der Waals surface area contributed by atoms with Gasteiger partial charge in [0.1, 0.15) is 17.2 Å². The Morgan fingerprint density at radius 2 is 1.72 bits per heavy atom. The maximum atomic E-state index is 13.5. The second-order valence-corrected chi connectivity index (χ2v) is 12.4. The molecule has 3 amide bonds. The van der Waals surface area contributed by atoms with E-state index in [1.54, 1.807) is 67.6 Å². The van der Waals surface area contributed by atoms with Crippen molar-refractivity contribution in [1.29, 1.82) is 0 Å². The lowest BCUT2D eigenvalue weighted by atomic mass is 10.1. The Morgan fingerprint density at radius 3 is 2.50 bits per heavy atom. The van der Waals surface area contributed by atoms with Gasteiger partial charge in [0.2, 0.25) is 5.91 Å². The minimum atomic E-state index is -0.522. The van der Waals surface area contributed by atoms with Crippen molar-refractivity contribution in [2.45, 2.75) is 24.0 Å². The molecule has 5 aromatic rings. The molecule has 1 unspecified atom stereocenters. The first kappa shape index (κ1) is 32.3. The molecule has 0 radical (unpaired) electrons. The molecule has 1 atom stereocenters. The summed E-state index contributed by atoms with van der Waals surface area (Å²) in [4.78, 5) is 44.9. The second kappa shape index (κ2) is 15.2. The lowest BCUT2D eigenvalue weighted by Crippen LogP contribution is -2.30. The molecule has 9 nitrogen and oxygen atoms in total. The van der Waals surface area contributed by atoms with Gasteiger partial charge in [-0.05, 0) is 74.5 Å². The minimum absolute atomic E-state index is 0.0355. The predicted octanol–water partition coefficient (Wildman–Crippen LogP) is 7.23. The summed E-state index contributed by atoms with van der Waals surface area (Å²) < 4.78 is 11.9. The summed E-state index contributed by atoms with van der Waals surface area (Å²) in [5.41, 5.74) is 2.35. The zero-order chi connectivity index (χ0) is 32.5. The molecule has 1 aromatic heterocycles. The Balaban J connectivity index is 1.28. The Morgan fingerprint density at radius 1 is 0.935 bits per heavy atom. The number of amides is 3. The van der Waals surface area contributed by atoms with E-state index in [4.69, 9.17) is 9.47 Å². The van der Waals surface area contributed by atoms with Crippen molar-refractivity contribution in [3.05, 3.63) is 114 Å². The molecular formula is C35H32N4O5S2. The van der Waals surface area contributed by atoms with E-state index in [0.29, 0.717) is 34.3 Å². The maximum Gasteiger partial charge on any atom is 0.272 e. The molecule has 4 aromatic carbocycles. The fraction of sp³-hybridized carbons (Fsp3) is 0.143. The van der Waals surface area contributed by atoms with Gasteiger partial charge in [0.15, 0.2) is 5.13 Å². The van der Waals surface area contributed by atoms with Crippen molar-refractivity contribution in [3.8, 4) is 11.5 Å². The lowest BCUT2D eigenvalue weighted by Gasteiger charge is -2.14. The number of carbonyl (C=O) groups is 3. The molecule has 3 N–H and O–H groups in total. The van der Waals surface area contributed by atoms with Crippen molar-refractivity contribution in [1.82, 2.24) is 10.3 Å². The number of aromatic nitrogens is 1. The Labute approximate surface area is 275 Å². The van der Waals surface area contributed by atoms with Crippen LogP contribution in [0, 0.1) is 0 Å². The molecule has 0 spiro atoms. The minimum Gasteiger partial charge on any atom is -0.496 e. The third-order valence-electron chi connectivity index (χ3n) is 6.64. The van der Waals surface area contributed by atoms with Crippen LogP contribution in [0.15, 0.2) is 108 Å². The largest absolute Gasteiger partial charge is 0.496 e. The van der Waals surface area contributed by atoms with Gasteiger partial charge in [-0.25, -0.2) is 4.98 Å². The van der Waals surface area contributed by atoms with Crippen LogP contribution in [-0.2, 0) is 9.59 Å². The number of thioether (sulfide) groups is 1. The monoisotopic (exact) mass is 652 g/mol. The van der Waals surface area contributed by atoms with E-state index >= 15 is 0 Å². The number of methoxy groups -OCH3 is 1. The molecular weight excluding hydrogens is 621 g/mol. The number of rotatable bonds is 12. The molecule has 0 saturated heterocycles. The smallest absolute Gasteiger partial charge is 0.272 e. The topological polar surface area (TPSA) is 119 Å². The van der Waals surface area contributed by atoms with Gasteiger partial charge in [-0.15, -0.1) is 11.8 Å².